The van der Waals surface area contributed by atoms with E-state index < -0.39 is 11.7 Å². The number of halogens is 3. The summed E-state index contributed by atoms with van der Waals surface area (Å²) in [6.45, 7) is 0.437. The summed E-state index contributed by atoms with van der Waals surface area (Å²) in [6.07, 6.45) is -2.13. The lowest BCUT2D eigenvalue weighted by Gasteiger charge is -2.13. The van der Waals surface area contributed by atoms with Gasteiger partial charge in [0.1, 0.15) is 0 Å². The van der Waals surface area contributed by atoms with Gasteiger partial charge in [0.25, 0.3) is 0 Å². The molecule has 0 spiro atoms. The van der Waals surface area contributed by atoms with Gasteiger partial charge in [-0.15, -0.1) is 0 Å². The highest BCUT2D eigenvalue weighted by atomic mass is 32.1. The Bertz CT molecular complexity index is 1210. The minimum atomic E-state index is -4.34. The zero-order valence-corrected chi connectivity index (χ0v) is 17.1. The number of benzene rings is 2. The van der Waals surface area contributed by atoms with Crippen LogP contribution in [0.2, 0.25) is 0 Å². The van der Waals surface area contributed by atoms with Crippen molar-refractivity contribution in [3.05, 3.63) is 69.5 Å². The van der Waals surface area contributed by atoms with E-state index in [1.54, 1.807) is 6.20 Å². The summed E-state index contributed by atoms with van der Waals surface area (Å²) in [5, 5.41) is 3.88. The summed E-state index contributed by atoms with van der Waals surface area (Å²) < 4.78 is 38.8. The fourth-order valence-electron chi connectivity index (χ4n) is 3.01. The predicted molar refractivity (Wildman–Crippen MR) is 115 cm³/mol. The molecule has 0 bridgehead atoms. The number of rotatable bonds is 6. The Balaban J connectivity index is 1.36. The van der Waals surface area contributed by atoms with Crippen molar-refractivity contribution in [1.82, 2.24) is 9.97 Å². The Morgan fingerprint density at radius 1 is 1.13 bits per heavy atom. The molecule has 4 rings (SSSR count). The molecule has 2 aromatic carbocycles. The van der Waals surface area contributed by atoms with Crippen molar-refractivity contribution >= 4 is 38.0 Å². The molecule has 10 heteroatoms. The lowest BCUT2D eigenvalue weighted by atomic mass is 10.0. The summed E-state index contributed by atoms with van der Waals surface area (Å²) in [6, 6.07) is 10.5. The topological polar surface area (TPSA) is 83.8 Å². The van der Waals surface area contributed by atoms with Crippen molar-refractivity contribution in [2.75, 3.05) is 11.9 Å². The number of hydrogen-bond acceptors (Lipinski definition) is 6. The Morgan fingerprint density at radius 2 is 1.90 bits per heavy atom. The first-order valence-electron chi connectivity index (χ1n) is 9.02. The number of hydrogen-bond donors (Lipinski definition) is 3. The molecular formula is C20H17F3N4OS2. The average Bonchev–Trinajstić information content (AvgIpc) is 3.31. The normalized spacial score (nSPS) is 12.9. The van der Waals surface area contributed by atoms with Gasteiger partial charge in [-0.05, 0) is 41.8 Å². The second-order valence-electron chi connectivity index (χ2n) is 6.79. The maximum atomic E-state index is 12.6. The van der Waals surface area contributed by atoms with Gasteiger partial charge < -0.3 is 16.0 Å². The van der Waals surface area contributed by atoms with E-state index in [4.69, 9.17) is 5.73 Å². The van der Waals surface area contributed by atoms with E-state index >= 15 is 0 Å². The van der Waals surface area contributed by atoms with E-state index in [1.807, 2.05) is 18.2 Å². The summed E-state index contributed by atoms with van der Waals surface area (Å²) in [5.74, 6) is 0. The monoisotopic (exact) mass is 450 g/mol. The molecule has 4 aromatic rings. The number of anilines is 1. The van der Waals surface area contributed by atoms with E-state index in [0.717, 1.165) is 49.7 Å². The van der Waals surface area contributed by atoms with Gasteiger partial charge in [0.2, 0.25) is 0 Å². The van der Waals surface area contributed by atoms with Gasteiger partial charge in [0, 0.05) is 18.8 Å². The molecule has 0 radical (unpaired) electrons. The SMILES string of the molecule is NC(CNc1ncc(-c2ccc3[nH]c(=O)sc3c2)s1)Cc1ccc(C(F)(F)F)cc1. The van der Waals surface area contributed by atoms with Crippen molar-refractivity contribution in [2.45, 2.75) is 18.6 Å². The second-order valence-corrected chi connectivity index (χ2v) is 8.84. The van der Waals surface area contributed by atoms with Crippen LogP contribution in [0.5, 0.6) is 0 Å². The molecule has 2 aromatic heterocycles. The summed E-state index contributed by atoms with van der Waals surface area (Å²) in [5.41, 5.74) is 7.98. The highest BCUT2D eigenvalue weighted by Crippen LogP contribution is 2.31. The molecular weight excluding hydrogens is 433 g/mol. The van der Waals surface area contributed by atoms with E-state index in [0.29, 0.717) is 18.1 Å². The lowest BCUT2D eigenvalue weighted by Crippen LogP contribution is -2.31. The fraction of sp³-hybridized carbons (Fsp3) is 0.200. The zero-order valence-electron chi connectivity index (χ0n) is 15.5. The van der Waals surface area contributed by atoms with Gasteiger partial charge in [-0.25, -0.2) is 4.98 Å². The second kappa shape index (κ2) is 8.21. The molecule has 5 nitrogen and oxygen atoms in total. The van der Waals surface area contributed by atoms with Gasteiger partial charge >= 0.3 is 11.0 Å². The smallest absolute Gasteiger partial charge is 0.360 e. The van der Waals surface area contributed by atoms with Crippen molar-refractivity contribution in [3.8, 4) is 10.4 Å². The van der Waals surface area contributed by atoms with Gasteiger partial charge in [-0.1, -0.05) is 40.9 Å². The number of alkyl halides is 3. The standard InChI is InChI=1S/C20H17F3N4OS2/c21-20(22,23)13-4-1-11(2-5-13)7-14(24)9-25-18-26-10-17(29-18)12-3-6-15-16(8-12)30-19(28)27-15/h1-6,8,10,14H,7,9,24H2,(H,25,26)(H,27,28). The molecule has 0 saturated heterocycles. The van der Waals surface area contributed by atoms with Gasteiger partial charge in [-0.3, -0.25) is 4.79 Å². The molecule has 0 aliphatic heterocycles. The minimum absolute atomic E-state index is 0.0872. The largest absolute Gasteiger partial charge is 0.416 e. The first-order valence-corrected chi connectivity index (χ1v) is 10.7. The Hall–Kier alpha value is -2.69. The summed E-state index contributed by atoms with van der Waals surface area (Å²) in [7, 11) is 0. The van der Waals surface area contributed by atoms with Crippen LogP contribution in [0.15, 0.2) is 53.5 Å². The molecule has 0 saturated carbocycles. The van der Waals surface area contributed by atoms with Gasteiger partial charge in [-0.2, -0.15) is 13.2 Å². The van der Waals surface area contributed by atoms with E-state index in [1.165, 1.54) is 23.5 Å². The first-order chi connectivity index (χ1) is 14.3. The van der Waals surface area contributed by atoms with Gasteiger partial charge in [0.05, 0.1) is 20.7 Å². The number of fused-ring (bicyclic) bond motifs is 1. The van der Waals surface area contributed by atoms with Crippen LogP contribution in [0.25, 0.3) is 20.7 Å². The quantitative estimate of drug-likeness (QED) is 0.397. The van der Waals surface area contributed by atoms with Crippen LogP contribution >= 0.6 is 22.7 Å². The Kier molecular flexibility index (Phi) is 5.63. The van der Waals surface area contributed by atoms with Crippen LogP contribution in [-0.4, -0.2) is 22.6 Å². The molecule has 0 aliphatic carbocycles. The van der Waals surface area contributed by atoms with Gasteiger partial charge in [0.15, 0.2) is 5.13 Å². The molecule has 0 amide bonds. The number of nitrogens with zero attached hydrogens (tertiary/aromatic N) is 1. The molecule has 156 valence electrons. The zero-order chi connectivity index (χ0) is 21.3. The predicted octanol–water partition coefficient (Wildman–Crippen LogP) is 4.71. The molecule has 30 heavy (non-hydrogen) atoms. The molecule has 1 atom stereocenters. The molecule has 1 unspecified atom stereocenters. The van der Waals surface area contributed by atoms with Crippen LogP contribution in [0.4, 0.5) is 18.3 Å². The van der Waals surface area contributed by atoms with E-state index in [2.05, 4.69) is 15.3 Å². The number of nitrogens with two attached hydrogens (primary N) is 1. The van der Waals surface area contributed by atoms with Crippen LogP contribution in [-0.2, 0) is 12.6 Å². The van der Waals surface area contributed by atoms with Crippen LogP contribution in [0.3, 0.4) is 0 Å². The maximum absolute atomic E-state index is 12.6. The van der Waals surface area contributed by atoms with Crippen LogP contribution < -0.4 is 15.9 Å². The number of nitrogens with one attached hydrogen (secondary N) is 2. The molecule has 4 N–H and O–H groups in total. The number of H-pyrrole nitrogens is 1. The van der Waals surface area contributed by atoms with Crippen molar-refractivity contribution in [2.24, 2.45) is 5.73 Å². The summed E-state index contributed by atoms with van der Waals surface area (Å²) >= 11 is 2.63. The maximum Gasteiger partial charge on any atom is 0.416 e. The molecule has 0 fully saturated rings. The third kappa shape index (κ3) is 4.72. The Labute approximate surface area is 177 Å². The number of aromatic amines is 1. The number of thiazole rings is 2. The van der Waals surface area contributed by atoms with E-state index in [9.17, 15) is 18.0 Å². The van der Waals surface area contributed by atoms with Crippen LogP contribution in [0.1, 0.15) is 11.1 Å². The average molecular weight is 451 g/mol. The summed E-state index contributed by atoms with van der Waals surface area (Å²) in [4.78, 5) is 19.5. The Morgan fingerprint density at radius 3 is 2.63 bits per heavy atom. The van der Waals surface area contributed by atoms with Crippen LogP contribution in [0, 0.1) is 0 Å². The minimum Gasteiger partial charge on any atom is -0.360 e. The third-order valence-electron chi connectivity index (χ3n) is 4.51. The van der Waals surface area contributed by atoms with Crippen molar-refractivity contribution < 1.29 is 13.2 Å². The first kappa shape index (κ1) is 20.6. The molecule has 2 heterocycles. The fourth-order valence-corrected chi connectivity index (χ4v) is 4.61. The van der Waals surface area contributed by atoms with E-state index in [-0.39, 0.29) is 10.9 Å². The van der Waals surface area contributed by atoms with Crippen molar-refractivity contribution in [1.29, 1.82) is 0 Å². The highest BCUT2D eigenvalue weighted by Gasteiger charge is 2.29. The molecule has 0 aliphatic rings. The highest BCUT2D eigenvalue weighted by molar-refractivity contribution is 7.19. The lowest BCUT2D eigenvalue weighted by molar-refractivity contribution is -0.137. The number of aromatic nitrogens is 2. The van der Waals surface area contributed by atoms with Crippen molar-refractivity contribution in [3.63, 3.8) is 0 Å². The third-order valence-corrected chi connectivity index (χ3v) is 6.36.